The van der Waals surface area contributed by atoms with Crippen LogP contribution >= 0.6 is 0 Å². The Morgan fingerprint density at radius 1 is 0.974 bits per heavy atom. The third-order valence-electron chi connectivity index (χ3n) is 5.87. The van der Waals surface area contributed by atoms with Crippen LogP contribution in [0.3, 0.4) is 0 Å². The molecule has 3 aromatic rings. The van der Waals surface area contributed by atoms with Crippen LogP contribution in [0.4, 0.5) is 17.1 Å². The average molecular weight is 551 g/mol. The number of ether oxygens (including phenoxy) is 2. The van der Waals surface area contributed by atoms with Gasteiger partial charge in [0.1, 0.15) is 6.54 Å². The Morgan fingerprint density at radius 2 is 1.59 bits per heavy atom. The van der Waals surface area contributed by atoms with Crippen molar-refractivity contribution >= 4 is 50.2 Å². The van der Waals surface area contributed by atoms with E-state index in [0.29, 0.717) is 52.9 Å². The lowest BCUT2D eigenvalue weighted by Crippen LogP contribution is -2.37. The number of nitrogens with two attached hydrogens (primary N) is 1. The standard InChI is InChI=1S/C28H30N4O6S/c1-4-37-23-15-21-22(16-24(23)38-5-2)31-28(34)26(21)27(18-9-7-6-8-10-18)30-19-11-13-20(14-12-19)32(17-25(29)33)39(3,35)36/h6-16,30H,4-5,17H2,1-3H3,(H2,29,33)(H,31,34). The normalized spacial score (nSPS) is 13.8. The first-order chi connectivity index (χ1) is 18.6. The molecule has 39 heavy (non-hydrogen) atoms. The summed E-state index contributed by atoms with van der Waals surface area (Å²) in [6.45, 7) is 4.14. The third kappa shape index (κ3) is 6.15. The topological polar surface area (TPSA) is 140 Å². The van der Waals surface area contributed by atoms with Gasteiger partial charge >= 0.3 is 0 Å². The number of carbonyl (C=O) groups is 2. The van der Waals surface area contributed by atoms with Gasteiger partial charge < -0.3 is 25.8 Å². The molecule has 0 unspecified atom stereocenters. The van der Waals surface area contributed by atoms with Crippen molar-refractivity contribution in [3.8, 4) is 11.5 Å². The number of hydrogen-bond acceptors (Lipinski definition) is 7. The van der Waals surface area contributed by atoms with Crippen molar-refractivity contribution in [1.29, 1.82) is 0 Å². The number of anilines is 3. The zero-order valence-corrected chi connectivity index (χ0v) is 22.7. The number of primary amides is 1. The van der Waals surface area contributed by atoms with Gasteiger partial charge in [-0.05, 0) is 49.7 Å². The molecule has 0 aliphatic carbocycles. The molecule has 0 fully saturated rings. The highest BCUT2D eigenvalue weighted by molar-refractivity contribution is 7.92. The van der Waals surface area contributed by atoms with Crippen LogP contribution in [0.15, 0.2) is 66.7 Å². The Labute approximate surface area is 227 Å². The van der Waals surface area contributed by atoms with Crippen molar-refractivity contribution in [2.45, 2.75) is 13.8 Å². The molecule has 204 valence electrons. The molecule has 1 aliphatic rings. The summed E-state index contributed by atoms with van der Waals surface area (Å²) in [5, 5.41) is 6.25. The highest BCUT2D eigenvalue weighted by atomic mass is 32.2. The summed E-state index contributed by atoms with van der Waals surface area (Å²) >= 11 is 0. The monoisotopic (exact) mass is 550 g/mol. The lowest BCUT2D eigenvalue weighted by Gasteiger charge is -2.21. The minimum atomic E-state index is -3.73. The Kier molecular flexibility index (Phi) is 8.10. The van der Waals surface area contributed by atoms with Gasteiger partial charge in [-0.1, -0.05) is 30.3 Å². The maximum absolute atomic E-state index is 13.3. The summed E-state index contributed by atoms with van der Waals surface area (Å²) in [4.78, 5) is 24.8. The molecule has 3 aromatic carbocycles. The van der Waals surface area contributed by atoms with Crippen LogP contribution < -0.4 is 30.1 Å². The Balaban J connectivity index is 1.80. The van der Waals surface area contributed by atoms with Crippen LogP contribution in [-0.4, -0.2) is 46.2 Å². The van der Waals surface area contributed by atoms with Gasteiger partial charge in [0.2, 0.25) is 15.9 Å². The van der Waals surface area contributed by atoms with Gasteiger partial charge in [-0.2, -0.15) is 0 Å². The summed E-state index contributed by atoms with van der Waals surface area (Å²) < 4.78 is 36.9. The molecule has 0 radical (unpaired) electrons. The number of carbonyl (C=O) groups excluding carboxylic acids is 2. The number of amides is 2. The van der Waals surface area contributed by atoms with E-state index in [2.05, 4.69) is 10.6 Å². The molecular formula is C28H30N4O6S. The van der Waals surface area contributed by atoms with Gasteiger partial charge in [-0.3, -0.25) is 13.9 Å². The number of fused-ring (bicyclic) bond motifs is 1. The molecule has 0 saturated carbocycles. The highest BCUT2D eigenvalue weighted by Crippen LogP contribution is 2.43. The van der Waals surface area contributed by atoms with Gasteiger partial charge in [0, 0.05) is 17.3 Å². The summed E-state index contributed by atoms with van der Waals surface area (Å²) in [6.07, 6.45) is 1.00. The second-order valence-corrected chi connectivity index (χ2v) is 10.6. The van der Waals surface area contributed by atoms with Gasteiger partial charge in [0.05, 0.1) is 42.1 Å². The van der Waals surface area contributed by atoms with E-state index in [1.807, 2.05) is 44.2 Å². The van der Waals surface area contributed by atoms with Crippen molar-refractivity contribution in [1.82, 2.24) is 0 Å². The van der Waals surface area contributed by atoms with Gasteiger partial charge in [0.25, 0.3) is 5.91 Å². The second-order valence-electron chi connectivity index (χ2n) is 8.69. The van der Waals surface area contributed by atoms with E-state index in [4.69, 9.17) is 15.2 Å². The predicted octanol–water partition coefficient (Wildman–Crippen LogP) is 3.67. The molecule has 4 N–H and O–H groups in total. The lowest BCUT2D eigenvalue weighted by atomic mass is 9.99. The first-order valence-corrected chi connectivity index (χ1v) is 14.1. The third-order valence-corrected chi connectivity index (χ3v) is 7.01. The Hall–Kier alpha value is -4.51. The van der Waals surface area contributed by atoms with Gasteiger partial charge in [0.15, 0.2) is 11.5 Å². The highest BCUT2D eigenvalue weighted by Gasteiger charge is 2.31. The van der Waals surface area contributed by atoms with Crippen LogP contribution in [0.25, 0.3) is 11.3 Å². The maximum Gasteiger partial charge on any atom is 0.258 e. The lowest BCUT2D eigenvalue weighted by molar-refractivity contribution is -0.116. The summed E-state index contributed by atoms with van der Waals surface area (Å²) in [6, 6.07) is 19.4. The molecule has 0 spiro atoms. The minimum absolute atomic E-state index is 0.282. The Morgan fingerprint density at radius 3 is 2.15 bits per heavy atom. The molecule has 0 aromatic heterocycles. The summed E-state index contributed by atoms with van der Waals surface area (Å²) in [5.41, 5.74) is 9.09. The van der Waals surface area contributed by atoms with Crippen molar-refractivity contribution in [2.24, 2.45) is 5.73 Å². The molecule has 0 saturated heterocycles. The fourth-order valence-electron chi connectivity index (χ4n) is 4.24. The quantitative estimate of drug-likeness (QED) is 0.310. The van der Waals surface area contributed by atoms with E-state index in [9.17, 15) is 18.0 Å². The molecule has 1 aliphatic heterocycles. The number of benzene rings is 3. The second kappa shape index (κ2) is 11.5. The molecule has 4 rings (SSSR count). The molecular weight excluding hydrogens is 520 g/mol. The number of hydrogen-bond donors (Lipinski definition) is 3. The zero-order valence-electron chi connectivity index (χ0n) is 21.9. The molecule has 1 heterocycles. The van der Waals surface area contributed by atoms with E-state index in [1.165, 1.54) is 0 Å². The van der Waals surface area contributed by atoms with E-state index >= 15 is 0 Å². The van der Waals surface area contributed by atoms with E-state index < -0.39 is 22.5 Å². The zero-order chi connectivity index (χ0) is 28.2. The maximum atomic E-state index is 13.3. The first-order valence-electron chi connectivity index (χ1n) is 12.3. The number of nitrogens with zero attached hydrogens (tertiary/aromatic N) is 1. The average Bonchev–Trinajstić information content (AvgIpc) is 3.21. The number of nitrogens with one attached hydrogen (secondary N) is 2. The molecule has 0 atom stereocenters. The predicted molar refractivity (Wildman–Crippen MR) is 152 cm³/mol. The van der Waals surface area contributed by atoms with Crippen molar-refractivity contribution in [2.75, 3.05) is 41.0 Å². The molecule has 2 amide bonds. The molecule has 0 bridgehead atoms. The largest absolute Gasteiger partial charge is 0.490 e. The molecule has 10 nitrogen and oxygen atoms in total. The fourth-order valence-corrected chi connectivity index (χ4v) is 5.11. The molecule has 11 heteroatoms. The van der Waals surface area contributed by atoms with Crippen LogP contribution in [-0.2, 0) is 19.6 Å². The van der Waals surface area contributed by atoms with Crippen LogP contribution in [0.1, 0.15) is 25.0 Å². The van der Waals surface area contributed by atoms with E-state index in [-0.39, 0.29) is 11.6 Å². The summed E-state index contributed by atoms with van der Waals surface area (Å²) in [7, 11) is -3.73. The first kappa shape index (κ1) is 27.5. The number of sulfonamides is 1. The van der Waals surface area contributed by atoms with Crippen molar-refractivity contribution < 1.29 is 27.5 Å². The fraction of sp³-hybridized carbons (Fsp3) is 0.214. The van der Waals surface area contributed by atoms with Crippen LogP contribution in [0.2, 0.25) is 0 Å². The van der Waals surface area contributed by atoms with Gasteiger partial charge in [-0.25, -0.2) is 8.42 Å². The summed E-state index contributed by atoms with van der Waals surface area (Å²) in [5.74, 6) is -0.00707. The van der Waals surface area contributed by atoms with Gasteiger partial charge in [-0.15, -0.1) is 0 Å². The van der Waals surface area contributed by atoms with E-state index in [1.54, 1.807) is 36.4 Å². The van der Waals surface area contributed by atoms with Crippen LogP contribution in [0, 0.1) is 0 Å². The van der Waals surface area contributed by atoms with E-state index in [0.717, 1.165) is 16.1 Å². The Bertz CT molecular complexity index is 1520. The number of rotatable bonds is 11. The van der Waals surface area contributed by atoms with Crippen LogP contribution in [0.5, 0.6) is 11.5 Å². The minimum Gasteiger partial charge on any atom is -0.490 e. The smallest absolute Gasteiger partial charge is 0.258 e. The van der Waals surface area contributed by atoms with Crippen molar-refractivity contribution in [3.63, 3.8) is 0 Å². The van der Waals surface area contributed by atoms with Crippen molar-refractivity contribution in [3.05, 3.63) is 77.9 Å². The SMILES string of the molecule is CCOc1cc2c(cc1OCC)C(=C(Nc1ccc(N(CC(N)=O)S(C)(=O)=O)cc1)c1ccccc1)C(=O)N2.